The summed E-state index contributed by atoms with van der Waals surface area (Å²) in [6, 6.07) is 31.3. The van der Waals surface area contributed by atoms with Gasteiger partial charge in [-0.1, -0.05) is 54.6 Å². The molecule has 170 valence electrons. The molecule has 36 heavy (non-hydrogen) atoms. The van der Waals surface area contributed by atoms with Gasteiger partial charge in [-0.2, -0.15) is 0 Å². The quantitative estimate of drug-likeness (QED) is 0.156. The Labute approximate surface area is 204 Å². The molecule has 0 bridgehead atoms. The monoisotopic (exact) mass is 466 g/mol. The van der Waals surface area contributed by atoms with E-state index in [0.29, 0.717) is 11.5 Å². The maximum atomic E-state index is 10.4. The van der Waals surface area contributed by atoms with Gasteiger partial charge in [0.1, 0.15) is 11.5 Å². The van der Waals surface area contributed by atoms with Crippen LogP contribution in [0.4, 0.5) is 0 Å². The molecule has 8 rings (SSSR count). The van der Waals surface area contributed by atoms with Crippen LogP contribution in [-0.2, 0) is 0 Å². The van der Waals surface area contributed by atoms with E-state index in [0.717, 1.165) is 64.6 Å². The van der Waals surface area contributed by atoms with Gasteiger partial charge in [-0.25, -0.2) is 0 Å². The van der Waals surface area contributed by atoms with Gasteiger partial charge in [0.05, 0.1) is 0 Å². The summed E-state index contributed by atoms with van der Waals surface area (Å²) in [4.78, 5) is 12.0. The molecule has 0 spiro atoms. The van der Waals surface area contributed by atoms with Crippen molar-refractivity contribution in [3.05, 3.63) is 97.1 Å². The maximum Gasteiger partial charge on any atom is 0.186 e. The average molecular weight is 466 g/mol. The minimum Gasteiger partial charge on any atom is -0.507 e. The summed E-state index contributed by atoms with van der Waals surface area (Å²) in [6.45, 7) is 0. The normalized spacial score (nSPS) is 12.1. The highest BCUT2D eigenvalue weighted by atomic mass is 17.2. The van der Waals surface area contributed by atoms with Crippen LogP contribution >= 0.6 is 0 Å². The summed E-state index contributed by atoms with van der Waals surface area (Å²) in [7, 11) is 0. The van der Waals surface area contributed by atoms with Crippen LogP contribution in [0.2, 0.25) is 0 Å². The van der Waals surface area contributed by atoms with Crippen LogP contribution in [0.25, 0.3) is 64.6 Å². The standard InChI is InChI=1S/C32H18O4/c33-25-14-6-19-4-10-23-27(16-8-20-3-9-21(25)30(19)32(20)23)35-36-28-15-7-18-2-1-17-5-13-26(34)22-11-12-24(28)31(18)29(17)22/h1-16,33-34H. The second-order valence-electron chi connectivity index (χ2n) is 9.31. The van der Waals surface area contributed by atoms with E-state index < -0.39 is 0 Å². The molecule has 4 heteroatoms. The molecule has 0 aromatic heterocycles. The van der Waals surface area contributed by atoms with Crippen LogP contribution in [0.1, 0.15) is 0 Å². The predicted octanol–water partition coefficient (Wildman–Crippen LogP) is 8.27. The zero-order valence-corrected chi connectivity index (χ0v) is 18.9. The number of hydrogen-bond acceptors (Lipinski definition) is 4. The lowest BCUT2D eigenvalue weighted by atomic mass is 9.93. The molecule has 0 saturated carbocycles. The van der Waals surface area contributed by atoms with Gasteiger partial charge in [-0.05, 0) is 64.0 Å². The van der Waals surface area contributed by atoms with Crippen molar-refractivity contribution in [2.45, 2.75) is 0 Å². The van der Waals surface area contributed by atoms with Crippen molar-refractivity contribution in [1.29, 1.82) is 0 Å². The van der Waals surface area contributed by atoms with Crippen molar-refractivity contribution in [2.75, 3.05) is 0 Å². The molecule has 0 saturated heterocycles. The van der Waals surface area contributed by atoms with Crippen LogP contribution in [0.15, 0.2) is 97.1 Å². The minimum atomic E-state index is 0.263. The highest BCUT2D eigenvalue weighted by Gasteiger charge is 2.17. The first-order valence-corrected chi connectivity index (χ1v) is 11.8. The third kappa shape index (κ3) is 2.48. The summed E-state index contributed by atoms with van der Waals surface area (Å²) in [5.41, 5.74) is 0. The third-order valence-electron chi connectivity index (χ3n) is 7.42. The van der Waals surface area contributed by atoms with Gasteiger partial charge in [0.15, 0.2) is 11.5 Å². The fourth-order valence-corrected chi connectivity index (χ4v) is 5.75. The molecule has 2 N–H and O–H groups in total. The zero-order valence-electron chi connectivity index (χ0n) is 18.9. The van der Waals surface area contributed by atoms with Crippen molar-refractivity contribution >= 4 is 64.6 Å². The Hall–Kier alpha value is -4.96. The lowest BCUT2D eigenvalue weighted by Gasteiger charge is -2.16. The lowest BCUT2D eigenvalue weighted by Crippen LogP contribution is -2.02. The number of hydrogen-bond donors (Lipinski definition) is 2. The third-order valence-corrected chi connectivity index (χ3v) is 7.42. The molecule has 0 aliphatic heterocycles. The molecule has 8 aromatic carbocycles. The first-order chi connectivity index (χ1) is 17.7. The van der Waals surface area contributed by atoms with Crippen LogP contribution in [0, 0.1) is 0 Å². The fraction of sp³-hybridized carbons (Fsp3) is 0. The van der Waals surface area contributed by atoms with Gasteiger partial charge < -0.3 is 10.2 Å². The average Bonchev–Trinajstić information content (AvgIpc) is 2.92. The summed E-state index contributed by atoms with van der Waals surface area (Å²) in [6.07, 6.45) is 0. The van der Waals surface area contributed by atoms with Crippen molar-refractivity contribution in [1.82, 2.24) is 0 Å². The molecule has 0 unspecified atom stereocenters. The molecule has 8 aromatic rings. The smallest absolute Gasteiger partial charge is 0.186 e. The predicted molar refractivity (Wildman–Crippen MR) is 145 cm³/mol. The zero-order chi connectivity index (χ0) is 24.0. The molecule has 0 fully saturated rings. The number of phenols is 2. The largest absolute Gasteiger partial charge is 0.507 e. The van der Waals surface area contributed by atoms with E-state index in [-0.39, 0.29) is 11.5 Å². The van der Waals surface area contributed by atoms with E-state index in [9.17, 15) is 10.2 Å². The van der Waals surface area contributed by atoms with E-state index in [4.69, 9.17) is 9.78 Å². The molecule has 0 atom stereocenters. The van der Waals surface area contributed by atoms with Crippen molar-refractivity contribution in [2.24, 2.45) is 0 Å². The van der Waals surface area contributed by atoms with E-state index in [2.05, 4.69) is 12.1 Å². The van der Waals surface area contributed by atoms with Gasteiger partial charge in [-0.15, -0.1) is 0 Å². The lowest BCUT2D eigenvalue weighted by molar-refractivity contribution is -0.0968. The van der Waals surface area contributed by atoms with Crippen LogP contribution < -0.4 is 9.78 Å². The van der Waals surface area contributed by atoms with E-state index in [1.807, 2.05) is 72.8 Å². The van der Waals surface area contributed by atoms with Gasteiger partial charge in [0, 0.05) is 43.1 Å². The highest BCUT2D eigenvalue weighted by molar-refractivity contribution is 6.26. The Morgan fingerprint density at radius 1 is 0.333 bits per heavy atom. The highest BCUT2D eigenvalue weighted by Crippen LogP contribution is 2.43. The second kappa shape index (κ2) is 6.80. The van der Waals surface area contributed by atoms with Crippen LogP contribution in [0.3, 0.4) is 0 Å². The van der Waals surface area contributed by atoms with Crippen LogP contribution in [0.5, 0.6) is 23.0 Å². The van der Waals surface area contributed by atoms with Crippen molar-refractivity contribution in [3.8, 4) is 23.0 Å². The molecular weight excluding hydrogens is 448 g/mol. The Balaban J connectivity index is 1.29. The number of aromatic hydroxyl groups is 2. The van der Waals surface area contributed by atoms with Gasteiger partial charge in [0.25, 0.3) is 0 Å². The first-order valence-electron chi connectivity index (χ1n) is 11.8. The van der Waals surface area contributed by atoms with E-state index in [1.54, 1.807) is 12.1 Å². The second-order valence-corrected chi connectivity index (χ2v) is 9.31. The van der Waals surface area contributed by atoms with Crippen LogP contribution in [-0.4, -0.2) is 10.2 Å². The number of rotatable bonds is 3. The molecule has 0 heterocycles. The maximum absolute atomic E-state index is 10.4. The molecule has 4 nitrogen and oxygen atoms in total. The van der Waals surface area contributed by atoms with E-state index in [1.165, 1.54) is 0 Å². The molecular formula is C32H18O4. The topological polar surface area (TPSA) is 58.9 Å². The summed E-state index contributed by atoms with van der Waals surface area (Å²) >= 11 is 0. The Kier molecular flexibility index (Phi) is 3.66. The van der Waals surface area contributed by atoms with Crippen molar-refractivity contribution < 1.29 is 20.0 Å². The SMILES string of the molecule is Oc1ccc2ccc3c(OOc4ccc5ccc6ccc(O)c7ccc4c5c67)ccc4ccc1c2c43. The fourth-order valence-electron chi connectivity index (χ4n) is 5.75. The number of benzene rings is 8. The molecule has 0 aliphatic carbocycles. The Morgan fingerprint density at radius 3 is 1.14 bits per heavy atom. The Morgan fingerprint density at radius 2 is 0.639 bits per heavy atom. The Bertz CT molecular complexity index is 2030. The van der Waals surface area contributed by atoms with E-state index >= 15 is 0 Å². The molecule has 0 radical (unpaired) electrons. The first kappa shape index (κ1) is 19.4. The van der Waals surface area contributed by atoms with Gasteiger partial charge in [0.2, 0.25) is 0 Å². The summed E-state index contributed by atoms with van der Waals surface area (Å²) in [5.74, 6) is 1.73. The summed E-state index contributed by atoms with van der Waals surface area (Å²) < 4.78 is 0. The van der Waals surface area contributed by atoms with Crippen molar-refractivity contribution in [3.63, 3.8) is 0 Å². The summed E-state index contributed by atoms with van der Waals surface area (Å²) in [5, 5.41) is 32.7. The molecule has 0 amide bonds. The molecule has 0 aliphatic rings. The van der Waals surface area contributed by atoms with Gasteiger partial charge >= 0.3 is 0 Å². The van der Waals surface area contributed by atoms with Gasteiger partial charge in [-0.3, -0.25) is 9.78 Å². The number of phenolic OH excluding ortho intramolecular Hbond substituents is 2. The minimum absolute atomic E-state index is 0.263.